The van der Waals surface area contributed by atoms with E-state index in [9.17, 15) is 4.79 Å². The number of rotatable bonds is 7. The molecule has 0 aromatic carbocycles. The number of amides is 1. The highest BCUT2D eigenvalue weighted by Gasteiger charge is 2.28. The maximum atomic E-state index is 9.95. The van der Waals surface area contributed by atoms with Gasteiger partial charge in [-0.05, 0) is 32.5 Å². The van der Waals surface area contributed by atoms with Crippen LogP contribution >= 0.6 is 0 Å². The molecule has 0 aliphatic rings. The molecule has 0 spiro atoms. The maximum Gasteiger partial charge on any atom is 0.334 e. The third-order valence-corrected chi connectivity index (χ3v) is 5.24. The molecule has 0 aromatic heterocycles. The van der Waals surface area contributed by atoms with Gasteiger partial charge < -0.3 is 14.2 Å². The van der Waals surface area contributed by atoms with Crippen molar-refractivity contribution in [2.45, 2.75) is 39.8 Å². The largest absolute Gasteiger partial charge is 0.395 e. The van der Waals surface area contributed by atoms with Crippen molar-refractivity contribution >= 4 is 14.5 Å². The molecule has 5 heteroatoms. The molecule has 0 saturated heterocycles. The highest BCUT2D eigenvalue weighted by molar-refractivity contribution is 6.66. The van der Waals surface area contributed by atoms with E-state index in [2.05, 4.69) is 25.4 Å². The molecule has 0 radical (unpaired) electrons. The second-order valence-electron chi connectivity index (χ2n) is 3.57. The van der Waals surface area contributed by atoms with Gasteiger partial charge in [-0.3, -0.25) is 4.79 Å². The minimum Gasteiger partial charge on any atom is -0.395 e. The Kier molecular flexibility index (Phi) is 13.0. The Morgan fingerprint density at radius 2 is 1.76 bits per heavy atom. The fraction of sp³-hybridized carbons (Fsp3) is 0.750. The summed E-state index contributed by atoms with van der Waals surface area (Å²) in [6.07, 6.45) is 2.38. The van der Waals surface area contributed by atoms with Crippen molar-refractivity contribution in [2.75, 3.05) is 20.3 Å². The lowest BCUT2D eigenvalue weighted by Crippen LogP contribution is -2.38. The van der Waals surface area contributed by atoms with Crippen LogP contribution in [0.5, 0.6) is 0 Å². The predicted molar refractivity (Wildman–Crippen MR) is 74.2 cm³/mol. The normalized spacial score (nSPS) is 10.2. The molecule has 1 N–H and O–H groups in total. The molecule has 0 aliphatic carbocycles. The Hall–Kier alpha value is -0.653. The second kappa shape index (κ2) is 11.8. The van der Waals surface area contributed by atoms with Crippen molar-refractivity contribution < 1.29 is 13.6 Å². The van der Waals surface area contributed by atoms with Gasteiger partial charge in [-0.1, -0.05) is 19.9 Å². The van der Waals surface area contributed by atoms with Gasteiger partial charge in [-0.2, -0.15) is 0 Å². The Labute approximate surface area is 107 Å². The van der Waals surface area contributed by atoms with Crippen molar-refractivity contribution in [1.29, 1.82) is 0 Å². The Morgan fingerprint density at radius 1 is 1.29 bits per heavy atom. The Bertz CT molecular complexity index is 193. The molecule has 1 amide bonds. The number of carbonyl (C=O) groups is 1. The van der Waals surface area contributed by atoms with Crippen LogP contribution in [0.2, 0.25) is 12.6 Å². The molecule has 0 rings (SSSR count). The van der Waals surface area contributed by atoms with Crippen LogP contribution < -0.4 is 5.32 Å². The first kappa shape index (κ1) is 18.7. The predicted octanol–water partition coefficient (Wildman–Crippen LogP) is 2.46. The van der Waals surface area contributed by atoms with E-state index in [1.165, 1.54) is 6.08 Å². The number of carbonyl (C=O) groups excluding carboxylic acids is 1. The van der Waals surface area contributed by atoms with Crippen LogP contribution in [0.1, 0.15) is 27.2 Å². The average Bonchev–Trinajstić information content (AvgIpc) is 2.29. The fourth-order valence-electron chi connectivity index (χ4n) is 1.35. The standard InChI is InChI=1S/C8H20O2Si.C4H7NO/c1-5-8-11(4,9-6-2)10-7-3;1-3-4(6)5-2/h5-8H2,1-4H3;3H,1H2,2H3,(H,5,6). The Balaban J connectivity index is 0. The van der Waals surface area contributed by atoms with E-state index in [0.29, 0.717) is 0 Å². The van der Waals surface area contributed by atoms with Crippen LogP contribution in [0.15, 0.2) is 12.7 Å². The highest BCUT2D eigenvalue weighted by atomic mass is 28.4. The molecule has 17 heavy (non-hydrogen) atoms. The van der Waals surface area contributed by atoms with Crippen molar-refractivity contribution in [1.82, 2.24) is 5.32 Å². The first-order valence-electron chi connectivity index (χ1n) is 6.11. The zero-order valence-corrected chi connectivity index (χ0v) is 12.8. The minimum absolute atomic E-state index is 0.144. The fourth-order valence-corrected chi connectivity index (χ4v) is 3.85. The molecular weight excluding hydrogens is 234 g/mol. The molecule has 0 bridgehead atoms. The van der Waals surface area contributed by atoms with E-state index in [-0.39, 0.29) is 5.91 Å². The maximum absolute atomic E-state index is 9.95. The highest BCUT2D eigenvalue weighted by Crippen LogP contribution is 2.14. The van der Waals surface area contributed by atoms with Gasteiger partial charge in [0.2, 0.25) is 5.91 Å². The Morgan fingerprint density at radius 3 is 1.94 bits per heavy atom. The summed E-state index contributed by atoms with van der Waals surface area (Å²) in [5.74, 6) is -0.144. The van der Waals surface area contributed by atoms with Crippen LogP contribution in [-0.2, 0) is 13.6 Å². The lowest BCUT2D eigenvalue weighted by molar-refractivity contribution is -0.116. The van der Waals surface area contributed by atoms with Crippen molar-refractivity contribution in [3.63, 3.8) is 0 Å². The lowest BCUT2D eigenvalue weighted by atomic mass is 10.6. The molecule has 0 aromatic rings. The van der Waals surface area contributed by atoms with Gasteiger partial charge in [0, 0.05) is 20.3 Å². The smallest absolute Gasteiger partial charge is 0.334 e. The van der Waals surface area contributed by atoms with Crippen LogP contribution in [0.4, 0.5) is 0 Å². The molecule has 0 unspecified atom stereocenters. The number of hydrogen-bond donors (Lipinski definition) is 1. The molecule has 0 aliphatic heterocycles. The summed E-state index contributed by atoms with van der Waals surface area (Å²) in [6.45, 7) is 13.1. The summed E-state index contributed by atoms with van der Waals surface area (Å²) in [6, 6.07) is 1.11. The first-order chi connectivity index (χ1) is 7.99. The summed E-state index contributed by atoms with van der Waals surface area (Å²) >= 11 is 0. The second-order valence-corrected chi connectivity index (χ2v) is 6.91. The van der Waals surface area contributed by atoms with E-state index in [1.54, 1.807) is 7.05 Å². The summed E-state index contributed by atoms with van der Waals surface area (Å²) in [5, 5.41) is 2.36. The van der Waals surface area contributed by atoms with Crippen LogP contribution in [0.25, 0.3) is 0 Å². The quantitative estimate of drug-likeness (QED) is 0.566. The van der Waals surface area contributed by atoms with Gasteiger partial charge in [0.1, 0.15) is 0 Å². The number of likely N-dealkylation sites (N-methyl/N-ethyl adjacent to an activating group) is 1. The summed E-state index contributed by atoms with van der Waals surface area (Å²) in [5.41, 5.74) is 0. The van der Waals surface area contributed by atoms with E-state index in [1.807, 2.05) is 13.8 Å². The number of nitrogens with one attached hydrogen (secondary N) is 1. The third kappa shape index (κ3) is 11.6. The van der Waals surface area contributed by atoms with Crippen molar-refractivity contribution in [3.05, 3.63) is 12.7 Å². The SMILES string of the molecule is C=CC(=O)NC.CCC[Si](C)(OCC)OCC. The average molecular weight is 261 g/mol. The summed E-state index contributed by atoms with van der Waals surface area (Å²) < 4.78 is 11.3. The van der Waals surface area contributed by atoms with Crippen molar-refractivity contribution in [3.8, 4) is 0 Å². The van der Waals surface area contributed by atoms with E-state index < -0.39 is 8.56 Å². The van der Waals surface area contributed by atoms with E-state index >= 15 is 0 Å². The molecule has 0 atom stereocenters. The monoisotopic (exact) mass is 261 g/mol. The third-order valence-electron chi connectivity index (χ3n) is 2.04. The molecule has 0 heterocycles. The van der Waals surface area contributed by atoms with Gasteiger partial charge in [0.05, 0.1) is 0 Å². The summed E-state index contributed by atoms with van der Waals surface area (Å²) in [4.78, 5) is 9.95. The molecule has 4 nitrogen and oxygen atoms in total. The van der Waals surface area contributed by atoms with Crippen LogP contribution in [0.3, 0.4) is 0 Å². The first-order valence-corrected chi connectivity index (χ1v) is 8.64. The van der Waals surface area contributed by atoms with Crippen LogP contribution in [0, 0.1) is 0 Å². The van der Waals surface area contributed by atoms with Crippen LogP contribution in [-0.4, -0.2) is 34.7 Å². The van der Waals surface area contributed by atoms with Gasteiger partial charge in [0.15, 0.2) is 0 Å². The lowest BCUT2D eigenvalue weighted by Gasteiger charge is -2.25. The van der Waals surface area contributed by atoms with Crippen molar-refractivity contribution in [2.24, 2.45) is 0 Å². The minimum atomic E-state index is -1.75. The van der Waals surface area contributed by atoms with E-state index in [0.717, 1.165) is 25.7 Å². The number of hydrogen-bond acceptors (Lipinski definition) is 3. The van der Waals surface area contributed by atoms with Gasteiger partial charge in [0.25, 0.3) is 0 Å². The molecule has 0 fully saturated rings. The zero-order chi connectivity index (χ0) is 13.7. The summed E-state index contributed by atoms with van der Waals surface area (Å²) in [7, 11) is -0.190. The van der Waals surface area contributed by atoms with Gasteiger partial charge >= 0.3 is 8.56 Å². The van der Waals surface area contributed by atoms with Gasteiger partial charge in [-0.25, -0.2) is 0 Å². The molecular formula is C12H27NO3Si. The molecule has 102 valence electrons. The molecule has 0 saturated carbocycles. The zero-order valence-electron chi connectivity index (χ0n) is 11.8. The topological polar surface area (TPSA) is 47.6 Å². The van der Waals surface area contributed by atoms with E-state index in [4.69, 9.17) is 8.85 Å². The van der Waals surface area contributed by atoms with Gasteiger partial charge in [-0.15, -0.1) is 0 Å².